The highest BCUT2D eigenvalue weighted by Gasteiger charge is 2.24. The number of carbonyl (C=O) groups is 2. The number of aromatic nitrogens is 2. The zero-order valence-corrected chi connectivity index (χ0v) is 19.9. The Kier molecular flexibility index (Phi) is 7.48. The van der Waals surface area contributed by atoms with Crippen molar-refractivity contribution in [2.45, 2.75) is 25.8 Å². The first-order valence-corrected chi connectivity index (χ1v) is 11.7. The highest BCUT2D eigenvalue weighted by Crippen LogP contribution is 2.24. The van der Waals surface area contributed by atoms with Crippen LogP contribution in [0.1, 0.15) is 28.2 Å². The van der Waals surface area contributed by atoms with E-state index in [1.807, 2.05) is 54.6 Å². The fraction of sp³-hybridized carbons (Fsp3) is 0.222. The smallest absolute Gasteiger partial charge is 0.308 e. The Labute approximate surface area is 207 Å². The second kappa shape index (κ2) is 10.7. The minimum absolute atomic E-state index is 0.0805. The van der Waals surface area contributed by atoms with Crippen molar-refractivity contribution < 1.29 is 19.8 Å². The van der Waals surface area contributed by atoms with Gasteiger partial charge in [-0.05, 0) is 48.6 Å². The van der Waals surface area contributed by atoms with Crippen LogP contribution in [0, 0.1) is 12.8 Å². The van der Waals surface area contributed by atoms with E-state index in [4.69, 9.17) is 11.6 Å². The molecule has 1 heterocycles. The first kappa shape index (κ1) is 24.4. The van der Waals surface area contributed by atoms with E-state index in [9.17, 15) is 19.8 Å². The Hall–Kier alpha value is -3.68. The Morgan fingerprint density at radius 3 is 2.40 bits per heavy atom. The number of aliphatic carboxylic acids is 1. The molecule has 8 heteroatoms. The first-order chi connectivity index (χ1) is 16.8. The predicted octanol–water partition coefficient (Wildman–Crippen LogP) is 4.62. The van der Waals surface area contributed by atoms with Gasteiger partial charge in [-0.1, -0.05) is 66.2 Å². The Balaban J connectivity index is 1.55. The molecule has 0 fully saturated rings. The number of aliphatic hydroxyl groups is 1. The van der Waals surface area contributed by atoms with Crippen LogP contribution < -0.4 is 5.32 Å². The molecule has 4 aromatic rings. The summed E-state index contributed by atoms with van der Waals surface area (Å²) < 4.78 is 0. The summed E-state index contributed by atoms with van der Waals surface area (Å²) >= 11 is 6.33. The number of halogens is 1. The number of nitrogens with zero attached hydrogens (tertiary/aromatic N) is 1. The predicted molar refractivity (Wildman–Crippen MR) is 136 cm³/mol. The van der Waals surface area contributed by atoms with Crippen molar-refractivity contribution in [3.05, 3.63) is 88.7 Å². The van der Waals surface area contributed by atoms with E-state index in [0.717, 1.165) is 16.7 Å². The molecule has 1 amide bonds. The van der Waals surface area contributed by atoms with Crippen molar-refractivity contribution in [1.82, 2.24) is 15.3 Å². The molecule has 7 nitrogen and oxygen atoms in total. The number of hydrogen-bond acceptors (Lipinski definition) is 4. The minimum Gasteiger partial charge on any atom is -0.481 e. The van der Waals surface area contributed by atoms with Crippen molar-refractivity contribution in [1.29, 1.82) is 0 Å². The molecule has 0 saturated heterocycles. The second-order valence-corrected chi connectivity index (χ2v) is 8.97. The largest absolute Gasteiger partial charge is 0.481 e. The van der Waals surface area contributed by atoms with Gasteiger partial charge in [0.1, 0.15) is 11.3 Å². The molecule has 0 aliphatic heterocycles. The summed E-state index contributed by atoms with van der Waals surface area (Å²) in [5, 5.41) is 22.3. The van der Waals surface area contributed by atoms with Gasteiger partial charge in [-0.2, -0.15) is 0 Å². The maximum atomic E-state index is 13.1. The van der Waals surface area contributed by atoms with Gasteiger partial charge in [0.05, 0.1) is 23.1 Å². The van der Waals surface area contributed by atoms with Crippen LogP contribution in [0.15, 0.2) is 66.7 Å². The summed E-state index contributed by atoms with van der Waals surface area (Å²) in [6, 6.07) is 20.6. The van der Waals surface area contributed by atoms with Crippen molar-refractivity contribution in [3.8, 4) is 11.1 Å². The Morgan fingerprint density at radius 1 is 1.06 bits per heavy atom. The number of benzene rings is 3. The SMILES string of the molecule is Cc1nc2c(Cl)cc(C(=O)NC(Cc3ccc(-c4ccccc4)cc3)C[C@H](CO)C(=O)O)cc2[nH]1. The molecule has 1 unspecified atom stereocenters. The number of aliphatic hydroxyl groups excluding tert-OH is 1. The zero-order valence-electron chi connectivity index (χ0n) is 19.2. The fourth-order valence-corrected chi connectivity index (χ4v) is 4.40. The topological polar surface area (TPSA) is 115 Å². The average molecular weight is 492 g/mol. The maximum Gasteiger partial charge on any atom is 0.308 e. The second-order valence-electron chi connectivity index (χ2n) is 8.57. The van der Waals surface area contributed by atoms with Crippen LogP contribution in [-0.2, 0) is 11.2 Å². The summed E-state index contributed by atoms with van der Waals surface area (Å²) in [5.41, 5.74) is 4.66. The van der Waals surface area contributed by atoms with Gasteiger partial charge in [-0.15, -0.1) is 0 Å². The van der Waals surface area contributed by atoms with Gasteiger partial charge in [-0.25, -0.2) is 4.98 Å². The molecular weight excluding hydrogens is 466 g/mol. The molecule has 0 bridgehead atoms. The highest BCUT2D eigenvalue weighted by atomic mass is 35.5. The number of aryl methyl sites for hydroxylation is 1. The molecule has 0 aliphatic rings. The third kappa shape index (κ3) is 5.88. The summed E-state index contributed by atoms with van der Waals surface area (Å²) in [5.74, 6) is -1.80. The quantitative estimate of drug-likeness (QED) is 0.273. The number of rotatable bonds is 9. The summed E-state index contributed by atoms with van der Waals surface area (Å²) in [4.78, 5) is 32.1. The van der Waals surface area contributed by atoms with E-state index in [0.29, 0.717) is 33.9 Å². The molecule has 3 aromatic carbocycles. The molecule has 180 valence electrons. The van der Waals surface area contributed by atoms with Gasteiger partial charge in [0, 0.05) is 11.6 Å². The molecule has 1 aromatic heterocycles. The van der Waals surface area contributed by atoms with Crippen LogP contribution >= 0.6 is 11.6 Å². The highest BCUT2D eigenvalue weighted by molar-refractivity contribution is 6.35. The van der Waals surface area contributed by atoms with Crippen LogP contribution in [0.3, 0.4) is 0 Å². The average Bonchev–Trinajstić information content (AvgIpc) is 3.24. The molecule has 2 atom stereocenters. The summed E-state index contributed by atoms with van der Waals surface area (Å²) in [6.45, 7) is 1.29. The van der Waals surface area contributed by atoms with Gasteiger partial charge in [0.25, 0.3) is 5.91 Å². The molecule has 35 heavy (non-hydrogen) atoms. The minimum atomic E-state index is -1.11. The van der Waals surface area contributed by atoms with Gasteiger partial charge < -0.3 is 20.5 Å². The Bertz CT molecular complexity index is 1340. The number of carboxylic acid groups (broad SMARTS) is 1. The third-order valence-electron chi connectivity index (χ3n) is 5.94. The lowest BCUT2D eigenvalue weighted by molar-refractivity contribution is -0.143. The van der Waals surface area contributed by atoms with E-state index < -0.39 is 24.5 Å². The number of carboxylic acids is 1. The molecule has 0 radical (unpaired) electrons. The lowest BCUT2D eigenvalue weighted by Gasteiger charge is -2.22. The number of nitrogens with one attached hydrogen (secondary N) is 2. The lowest BCUT2D eigenvalue weighted by atomic mass is 9.94. The number of carbonyl (C=O) groups excluding carboxylic acids is 1. The number of amides is 1. The molecule has 4 rings (SSSR count). The number of hydrogen-bond donors (Lipinski definition) is 4. The van der Waals surface area contributed by atoms with E-state index in [1.165, 1.54) is 0 Å². The zero-order chi connectivity index (χ0) is 24.9. The lowest BCUT2D eigenvalue weighted by Crippen LogP contribution is -2.39. The van der Waals surface area contributed by atoms with Crippen LogP contribution in [0.25, 0.3) is 22.2 Å². The number of imidazole rings is 1. The summed E-state index contributed by atoms with van der Waals surface area (Å²) in [7, 11) is 0. The van der Waals surface area contributed by atoms with Gasteiger partial charge in [-0.3, -0.25) is 9.59 Å². The molecular formula is C27H26ClN3O4. The number of aromatic amines is 1. The molecule has 4 N–H and O–H groups in total. The normalized spacial score (nSPS) is 12.9. The Morgan fingerprint density at radius 2 is 1.74 bits per heavy atom. The van der Waals surface area contributed by atoms with Crippen LogP contribution in [0.2, 0.25) is 5.02 Å². The standard InChI is InChI=1S/C27H26ClN3O4/c1-16-29-24-14-20(13-23(28)25(24)30-16)26(33)31-22(12-21(15-32)27(34)35)11-17-7-9-19(10-8-17)18-5-3-2-4-6-18/h2-10,13-14,21-22,32H,11-12,15H2,1H3,(H,29,30)(H,31,33)(H,34,35)/t21-,22?/m1/s1. The van der Waals surface area contributed by atoms with Gasteiger partial charge in [0.2, 0.25) is 0 Å². The fourth-order valence-electron chi connectivity index (χ4n) is 4.14. The van der Waals surface area contributed by atoms with Crippen LogP contribution in [-0.4, -0.2) is 44.7 Å². The number of fused-ring (bicyclic) bond motifs is 1. The van der Waals surface area contributed by atoms with Gasteiger partial charge in [0.15, 0.2) is 0 Å². The number of H-pyrrole nitrogens is 1. The van der Waals surface area contributed by atoms with E-state index in [-0.39, 0.29) is 12.3 Å². The van der Waals surface area contributed by atoms with E-state index >= 15 is 0 Å². The molecule has 0 saturated carbocycles. The molecule has 0 aliphatic carbocycles. The maximum absolute atomic E-state index is 13.1. The van der Waals surface area contributed by atoms with Gasteiger partial charge >= 0.3 is 5.97 Å². The van der Waals surface area contributed by atoms with Crippen molar-refractivity contribution in [2.75, 3.05) is 6.61 Å². The van der Waals surface area contributed by atoms with Crippen molar-refractivity contribution in [2.24, 2.45) is 5.92 Å². The molecule has 0 spiro atoms. The van der Waals surface area contributed by atoms with Crippen molar-refractivity contribution >= 4 is 34.5 Å². The third-order valence-corrected chi connectivity index (χ3v) is 6.23. The van der Waals surface area contributed by atoms with E-state index in [2.05, 4.69) is 15.3 Å². The van der Waals surface area contributed by atoms with Crippen LogP contribution in [0.4, 0.5) is 0 Å². The van der Waals surface area contributed by atoms with Crippen molar-refractivity contribution in [3.63, 3.8) is 0 Å². The monoisotopic (exact) mass is 491 g/mol. The van der Waals surface area contributed by atoms with E-state index in [1.54, 1.807) is 19.1 Å². The summed E-state index contributed by atoms with van der Waals surface area (Å²) in [6.07, 6.45) is 0.487. The van der Waals surface area contributed by atoms with Crippen LogP contribution in [0.5, 0.6) is 0 Å². The first-order valence-electron chi connectivity index (χ1n) is 11.3.